The smallest absolute Gasteiger partial charge is 0.244 e. The second-order valence-electron chi connectivity index (χ2n) is 7.05. The predicted octanol–water partition coefficient (Wildman–Crippen LogP) is 3.97. The van der Waals surface area contributed by atoms with Crippen LogP contribution < -0.4 is 9.62 Å². The summed E-state index contributed by atoms with van der Waals surface area (Å²) in [7, 11) is -3.85. The molecule has 0 saturated heterocycles. The first-order valence-corrected chi connectivity index (χ1v) is 12.7. The fraction of sp³-hybridized carbons (Fsp3) is 0.333. The lowest BCUT2D eigenvalue weighted by molar-refractivity contribution is -0.139. The molecular formula is C21H24Cl3N3O4S. The number of anilines is 1. The zero-order valence-electron chi connectivity index (χ0n) is 17.8. The number of rotatable bonds is 9. The molecule has 0 saturated carbocycles. The minimum atomic E-state index is -3.85. The molecule has 11 heteroatoms. The summed E-state index contributed by atoms with van der Waals surface area (Å²) in [6.07, 6.45) is 0.983. The number of nitrogens with one attached hydrogen (secondary N) is 1. The third-order valence-electron chi connectivity index (χ3n) is 4.67. The van der Waals surface area contributed by atoms with Gasteiger partial charge in [0.05, 0.1) is 17.0 Å². The van der Waals surface area contributed by atoms with Gasteiger partial charge in [0.1, 0.15) is 12.6 Å². The van der Waals surface area contributed by atoms with Crippen molar-refractivity contribution in [2.24, 2.45) is 0 Å². The molecule has 0 fully saturated rings. The molecular weight excluding hydrogens is 497 g/mol. The average Bonchev–Trinajstić information content (AvgIpc) is 2.71. The third-order valence-corrected chi connectivity index (χ3v) is 6.71. The molecule has 0 spiro atoms. The van der Waals surface area contributed by atoms with Crippen molar-refractivity contribution in [2.45, 2.75) is 26.4 Å². The van der Waals surface area contributed by atoms with Gasteiger partial charge in [0.25, 0.3) is 0 Å². The molecule has 0 unspecified atom stereocenters. The molecule has 32 heavy (non-hydrogen) atoms. The van der Waals surface area contributed by atoms with Crippen LogP contribution in [0.5, 0.6) is 0 Å². The number of hydrogen-bond acceptors (Lipinski definition) is 4. The van der Waals surface area contributed by atoms with Gasteiger partial charge in [-0.05, 0) is 43.7 Å². The lowest BCUT2D eigenvalue weighted by atomic mass is 10.1. The first-order valence-electron chi connectivity index (χ1n) is 9.69. The number of hydrogen-bond donors (Lipinski definition) is 1. The Labute approximate surface area is 203 Å². The lowest BCUT2D eigenvalue weighted by Crippen LogP contribution is -2.51. The van der Waals surface area contributed by atoms with Crippen molar-refractivity contribution < 1.29 is 18.0 Å². The molecule has 0 bridgehead atoms. The second-order valence-corrected chi connectivity index (χ2v) is 10.2. The molecule has 7 nitrogen and oxygen atoms in total. The van der Waals surface area contributed by atoms with Crippen LogP contribution in [0.1, 0.15) is 19.4 Å². The second kappa shape index (κ2) is 11.2. The number of halogens is 3. The van der Waals surface area contributed by atoms with Gasteiger partial charge in [-0.1, -0.05) is 53.0 Å². The Kier molecular flexibility index (Phi) is 9.21. The molecule has 174 valence electrons. The number of para-hydroxylation sites is 1. The Morgan fingerprint density at radius 2 is 1.72 bits per heavy atom. The van der Waals surface area contributed by atoms with Gasteiger partial charge in [-0.3, -0.25) is 13.9 Å². The molecule has 1 atom stereocenters. The normalized spacial score (nSPS) is 12.2. The quantitative estimate of drug-likeness (QED) is 0.542. The third kappa shape index (κ3) is 6.75. The van der Waals surface area contributed by atoms with Crippen molar-refractivity contribution in [3.63, 3.8) is 0 Å². The molecule has 0 aliphatic rings. The first kappa shape index (κ1) is 26.3. The first-order chi connectivity index (χ1) is 15.0. The number of sulfonamides is 1. The summed E-state index contributed by atoms with van der Waals surface area (Å²) in [6, 6.07) is 10.2. The van der Waals surface area contributed by atoms with E-state index in [0.29, 0.717) is 22.2 Å². The number of carbonyl (C=O) groups is 2. The maximum atomic E-state index is 13.3. The van der Waals surface area contributed by atoms with Gasteiger partial charge < -0.3 is 10.2 Å². The molecule has 1 N–H and O–H groups in total. The topological polar surface area (TPSA) is 86.8 Å². The molecule has 2 rings (SSSR count). The maximum Gasteiger partial charge on any atom is 0.244 e. The van der Waals surface area contributed by atoms with Crippen LogP contribution in [0.4, 0.5) is 5.69 Å². The average molecular weight is 521 g/mol. The van der Waals surface area contributed by atoms with Gasteiger partial charge >= 0.3 is 0 Å². The van der Waals surface area contributed by atoms with E-state index in [1.54, 1.807) is 38.1 Å². The highest BCUT2D eigenvalue weighted by Gasteiger charge is 2.30. The van der Waals surface area contributed by atoms with Crippen LogP contribution in [-0.2, 0) is 26.2 Å². The Morgan fingerprint density at radius 1 is 1.06 bits per heavy atom. The van der Waals surface area contributed by atoms with Gasteiger partial charge in [0.2, 0.25) is 21.8 Å². The zero-order valence-corrected chi connectivity index (χ0v) is 20.9. The molecule has 0 aliphatic heterocycles. The van der Waals surface area contributed by atoms with Crippen molar-refractivity contribution in [1.29, 1.82) is 0 Å². The van der Waals surface area contributed by atoms with Gasteiger partial charge in [-0.15, -0.1) is 0 Å². The van der Waals surface area contributed by atoms with E-state index in [9.17, 15) is 18.0 Å². The van der Waals surface area contributed by atoms with Crippen molar-refractivity contribution in [1.82, 2.24) is 10.2 Å². The minimum absolute atomic E-state index is 0.0206. The SMILES string of the molecule is CCNC(=O)[C@@H](C)N(Cc1ccc(Cl)cc1Cl)C(=O)CN(c1ccccc1Cl)S(C)(=O)=O. The molecule has 2 aromatic rings. The van der Waals surface area contributed by atoms with E-state index in [-0.39, 0.29) is 23.2 Å². The molecule has 0 heterocycles. The van der Waals surface area contributed by atoms with Gasteiger partial charge in [-0.25, -0.2) is 8.42 Å². The van der Waals surface area contributed by atoms with E-state index in [1.165, 1.54) is 23.1 Å². The Bertz CT molecular complexity index is 1100. The summed E-state index contributed by atoms with van der Waals surface area (Å²) >= 11 is 18.4. The summed E-state index contributed by atoms with van der Waals surface area (Å²) in [4.78, 5) is 27.1. The predicted molar refractivity (Wildman–Crippen MR) is 129 cm³/mol. The zero-order chi connectivity index (χ0) is 24.1. The van der Waals surface area contributed by atoms with Crippen molar-refractivity contribution in [3.05, 3.63) is 63.1 Å². The van der Waals surface area contributed by atoms with Crippen LogP contribution in [0.15, 0.2) is 42.5 Å². The Hall–Kier alpha value is -2.00. The molecule has 2 amide bonds. The summed E-state index contributed by atoms with van der Waals surface area (Å²) in [6.45, 7) is 3.13. The highest BCUT2D eigenvalue weighted by atomic mass is 35.5. The van der Waals surface area contributed by atoms with Gasteiger partial charge in [0, 0.05) is 23.1 Å². The number of nitrogens with zero attached hydrogens (tertiary/aromatic N) is 2. The van der Waals surface area contributed by atoms with Crippen LogP contribution in [0, 0.1) is 0 Å². The standard InChI is InChI=1S/C21H24Cl3N3O4S/c1-4-25-21(29)14(2)26(12-15-9-10-16(22)11-18(15)24)20(28)13-27(32(3,30)31)19-8-6-5-7-17(19)23/h5-11,14H,4,12-13H2,1-3H3,(H,25,29)/t14-/m1/s1. The number of carbonyl (C=O) groups excluding carboxylic acids is 2. The van der Waals surface area contributed by atoms with Crippen LogP contribution in [0.2, 0.25) is 15.1 Å². The van der Waals surface area contributed by atoms with Crippen molar-refractivity contribution in [3.8, 4) is 0 Å². The van der Waals surface area contributed by atoms with E-state index in [4.69, 9.17) is 34.8 Å². The lowest BCUT2D eigenvalue weighted by Gasteiger charge is -2.31. The minimum Gasteiger partial charge on any atom is -0.355 e. The summed E-state index contributed by atoms with van der Waals surface area (Å²) in [5, 5.41) is 3.60. The van der Waals surface area contributed by atoms with Crippen LogP contribution in [0.25, 0.3) is 0 Å². The summed E-state index contributed by atoms with van der Waals surface area (Å²) in [5.41, 5.74) is 0.726. The molecule has 0 aromatic heterocycles. The van der Waals surface area contributed by atoms with E-state index in [1.807, 2.05) is 0 Å². The van der Waals surface area contributed by atoms with E-state index < -0.39 is 28.5 Å². The van der Waals surface area contributed by atoms with Crippen molar-refractivity contribution in [2.75, 3.05) is 23.7 Å². The number of likely N-dealkylation sites (N-methyl/N-ethyl adjacent to an activating group) is 1. The summed E-state index contributed by atoms with van der Waals surface area (Å²) < 4.78 is 25.9. The Balaban J connectivity index is 2.43. The van der Waals surface area contributed by atoms with Gasteiger partial charge in [-0.2, -0.15) is 0 Å². The largest absolute Gasteiger partial charge is 0.355 e. The van der Waals surface area contributed by atoms with E-state index in [0.717, 1.165) is 10.6 Å². The summed E-state index contributed by atoms with van der Waals surface area (Å²) in [5.74, 6) is -0.977. The van der Waals surface area contributed by atoms with E-state index in [2.05, 4.69) is 5.32 Å². The fourth-order valence-electron chi connectivity index (χ4n) is 2.99. The van der Waals surface area contributed by atoms with Crippen LogP contribution in [-0.4, -0.2) is 50.5 Å². The highest BCUT2D eigenvalue weighted by molar-refractivity contribution is 7.92. The highest BCUT2D eigenvalue weighted by Crippen LogP contribution is 2.28. The molecule has 2 aromatic carbocycles. The number of amides is 2. The van der Waals surface area contributed by atoms with Crippen LogP contribution in [0.3, 0.4) is 0 Å². The van der Waals surface area contributed by atoms with Gasteiger partial charge in [0.15, 0.2) is 0 Å². The van der Waals surface area contributed by atoms with Crippen molar-refractivity contribution >= 4 is 62.3 Å². The molecule has 0 radical (unpaired) electrons. The Morgan fingerprint density at radius 3 is 2.28 bits per heavy atom. The molecule has 0 aliphatic carbocycles. The van der Waals surface area contributed by atoms with Crippen LogP contribution >= 0.6 is 34.8 Å². The van der Waals surface area contributed by atoms with E-state index >= 15 is 0 Å². The fourth-order valence-corrected chi connectivity index (χ4v) is 4.60. The number of benzene rings is 2. The maximum absolute atomic E-state index is 13.3. The monoisotopic (exact) mass is 519 g/mol.